The zero-order chi connectivity index (χ0) is 16.9. The van der Waals surface area contributed by atoms with Gasteiger partial charge in [-0.05, 0) is 55.1 Å². The van der Waals surface area contributed by atoms with Gasteiger partial charge < -0.3 is 14.9 Å². The molecule has 1 heterocycles. The molecule has 4 nitrogen and oxygen atoms in total. The van der Waals surface area contributed by atoms with Crippen molar-refractivity contribution in [1.82, 2.24) is 4.90 Å². The Hall–Kier alpha value is -2.59. The normalized spacial score (nSPS) is 15.8. The number of benzene rings is 2. The van der Waals surface area contributed by atoms with Crippen molar-refractivity contribution in [2.75, 3.05) is 38.1 Å². The summed E-state index contributed by atoms with van der Waals surface area (Å²) in [5, 5.41) is 9.26. The molecule has 24 heavy (non-hydrogen) atoms. The Morgan fingerprint density at radius 3 is 2.21 bits per heavy atom. The highest BCUT2D eigenvalue weighted by Crippen LogP contribution is 2.18. The van der Waals surface area contributed by atoms with E-state index in [2.05, 4.69) is 16.8 Å². The number of aromatic hydroxyl groups is 1. The zero-order valence-corrected chi connectivity index (χ0v) is 13.9. The number of phenolic OH excluding ortho intramolecular Hbond substituents is 1. The van der Waals surface area contributed by atoms with Crippen LogP contribution in [0.15, 0.2) is 54.6 Å². The predicted octanol–water partition coefficient (Wildman–Crippen LogP) is 3.04. The van der Waals surface area contributed by atoms with Crippen LogP contribution in [0.2, 0.25) is 0 Å². The maximum atomic E-state index is 12.3. The van der Waals surface area contributed by atoms with Gasteiger partial charge >= 0.3 is 0 Å². The van der Waals surface area contributed by atoms with Crippen LogP contribution < -0.4 is 4.90 Å². The lowest BCUT2D eigenvalue weighted by molar-refractivity contribution is 0.104. The molecule has 0 bridgehead atoms. The van der Waals surface area contributed by atoms with Crippen molar-refractivity contribution in [2.45, 2.75) is 0 Å². The molecule has 1 N–H and O–H groups in total. The minimum Gasteiger partial charge on any atom is -0.508 e. The molecule has 1 saturated heterocycles. The molecule has 0 spiro atoms. The van der Waals surface area contributed by atoms with Gasteiger partial charge in [-0.3, -0.25) is 4.79 Å². The van der Waals surface area contributed by atoms with Crippen molar-refractivity contribution >= 4 is 17.5 Å². The number of allylic oxidation sites excluding steroid dienone is 1. The van der Waals surface area contributed by atoms with E-state index < -0.39 is 0 Å². The summed E-state index contributed by atoms with van der Waals surface area (Å²) >= 11 is 0. The fourth-order valence-corrected chi connectivity index (χ4v) is 2.75. The number of rotatable bonds is 4. The van der Waals surface area contributed by atoms with Gasteiger partial charge in [-0.15, -0.1) is 0 Å². The van der Waals surface area contributed by atoms with Crippen molar-refractivity contribution in [3.05, 3.63) is 65.7 Å². The molecule has 2 aromatic rings. The van der Waals surface area contributed by atoms with E-state index in [0.717, 1.165) is 31.7 Å². The summed E-state index contributed by atoms with van der Waals surface area (Å²) in [4.78, 5) is 16.9. The van der Waals surface area contributed by atoms with Crippen LogP contribution in [0.5, 0.6) is 5.75 Å². The molecule has 0 aromatic heterocycles. The first-order valence-corrected chi connectivity index (χ1v) is 8.17. The minimum atomic E-state index is -0.0204. The Labute approximate surface area is 142 Å². The highest BCUT2D eigenvalue weighted by molar-refractivity contribution is 6.06. The third kappa shape index (κ3) is 4.03. The van der Waals surface area contributed by atoms with Crippen molar-refractivity contribution in [1.29, 1.82) is 0 Å². The van der Waals surface area contributed by atoms with E-state index in [9.17, 15) is 9.90 Å². The average Bonchev–Trinajstić information content (AvgIpc) is 2.62. The molecule has 3 rings (SSSR count). The fraction of sp³-hybridized carbons (Fsp3) is 0.250. The fourth-order valence-electron chi connectivity index (χ4n) is 2.75. The van der Waals surface area contributed by atoms with Crippen LogP contribution in [0.4, 0.5) is 5.69 Å². The number of hydrogen-bond donors (Lipinski definition) is 1. The Kier molecular flexibility index (Phi) is 4.96. The topological polar surface area (TPSA) is 43.8 Å². The summed E-state index contributed by atoms with van der Waals surface area (Å²) in [5.74, 6) is 0.200. The quantitative estimate of drug-likeness (QED) is 0.694. The molecule has 0 aliphatic carbocycles. The van der Waals surface area contributed by atoms with Crippen molar-refractivity contribution in [3.63, 3.8) is 0 Å². The lowest BCUT2D eigenvalue weighted by atomic mass is 10.1. The number of carbonyl (C=O) groups is 1. The van der Waals surface area contributed by atoms with Crippen molar-refractivity contribution < 1.29 is 9.90 Å². The third-order valence-corrected chi connectivity index (χ3v) is 4.34. The lowest BCUT2D eigenvalue weighted by Gasteiger charge is -2.34. The monoisotopic (exact) mass is 322 g/mol. The molecule has 0 amide bonds. The number of carbonyl (C=O) groups excluding carboxylic acids is 1. The summed E-state index contributed by atoms with van der Waals surface area (Å²) in [5.41, 5.74) is 2.74. The molecule has 1 aliphatic heterocycles. The van der Waals surface area contributed by atoms with E-state index in [1.165, 1.54) is 5.69 Å². The van der Waals surface area contributed by atoms with Gasteiger partial charge in [-0.25, -0.2) is 0 Å². The maximum Gasteiger partial charge on any atom is 0.185 e. The van der Waals surface area contributed by atoms with E-state index >= 15 is 0 Å². The van der Waals surface area contributed by atoms with E-state index in [-0.39, 0.29) is 11.5 Å². The molecule has 2 aromatic carbocycles. The molecule has 0 radical (unpaired) electrons. The Morgan fingerprint density at radius 1 is 0.958 bits per heavy atom. The summed E-state index contributed by atoms with van der Waals surface area (Å²) in [7, 11) is 2.14. The summed E-state index contributed by atoms with van der Waals surface area (Å²) in [6, 6.07) is 14.6. The molecule has 0 unspecified atom stereocenters. The average molecular weight is 322 g/mol. The van der Waals surface area contributed by atoms with Crippen LogP contribution in [0.1, 0.15) is 15.9 Å². The number of anilines is 1. The Bertz CT molecular complexity index is 712. The molecule has 124 valence electrons. The first kappa shape index (κ1) is 16.3. The Morgan fingerprint density at radius 2 is 1.58 bits per heavy atom. The molecule has 0 saturated carbocycles. The number of phenols is 1. The number of piperazine rings is 1. The first-order chi connectivity index (χ1) is 11.6. The molecular weight excluding hydrogens is 300 g/mol. The molecule has 0 atom stereocenters. The largest absolute Gasteiger partial charge is 0.508 e. The van der Waals surface area contributed by atoms with Crippen LogP contribution in [0.3, 0.4) is 0 Å². The highest BCUT2D eigenvalue weighted by Gasteiger charge is 2.14. The SMILES string of the molecule is CN1CCN(c2ccc(C(=O)/C=C/c3ccc(O)cc3)cc2)CC1. The van der Waals surface area contributed by atoms with Crippen molar-refractivity contribution in [3.8, 4) is 5.75 Å². The highest BCUT2D eigenvalue weighted by atomic mass is 16.3. The summed E-state index contributed by atoms with van der Waals surface area (Å²) in [6.07, 6.45) is 3.33. The number of hydrogen-bond acceptors (Lipinski definition) is 4. The van der Waals surface area contributed by atoms with Gasteiger partial charge in [0.05, 0.1) is 0 Å². The number of ketones is 1. The third-order valence-electron chi connectivity index (χ3n) is 4.34. The lowest BCUT2D eigenvalue weighted by Crippen LogP contribution is -2.44. The van der Waals surface area contributed by atoms with E-state index in [1.807, 2.05) is 24.3 Å². The molecule has 1 aliphatic rings. The van der Waals surface area contributed by atoms with Crippen LogP contribution in [0, 0.1) is 0 Å². The second-order valence-corrected chi connectivity index (χ2v) is 6.13. The van der Waals surface area contributed by atoms with Crippen molar-refractivity contribution in [2.24, 2.45) is 0 Å². The second-order valence-electron chi connectivity index (χ2n) is 6.13. The van der Waals surface area contributed by atoms with Crippen LogP contribution >= 0.6 is 0 Å². The van der Waals surface area contributed by atoms with Gasteiger partial charge in [-0.2, -0.15) is 0 Å². The maximum absolute atomic E-state index is 12.3. The van der Waals surface area contributed by atoms with Gasteiger partial charge in [0.2, 0.25) is 0 Å². The second kappa shape index (κ2) is 7.32. The minimum absolute atomic E-state index is 0.0204. The standard InChI is InChI=1S/C20H22N2O2/c1-21-12-14-22(15-13-21)18-7-5-17(6-8-18)20(24)11-4-16-2-9-19(23)10-3-16/h2-11,23H,12-15H2,1H3/b11-4+. The van der Waals surface area contributed by atoms with Gasteiger partial charge in [0.25, 0.3) is 0 Å². The number of nitrogens with zero attached hydrogens (tertiary/aromatic N) is 2. The summed E-state index contributed by atoms with van der Waals surface area (Å²) < 4.78 is 0. The van der Waals surface area contributed by atoms with E-state index in [0.29, 0.717) is 5.56 Å². The molecular formula is C20H22N2O2. The first-order valence-electron chi connectivity index (χ1n) is 8.17. The number of likely N-dealkylation sites (N-methyl/N-ethyl adjacent to an activating group) is 1. The van der Waals surface area contributed by atoms with Crippen LogP contribution in [-0.2, 0) is 0 Å². The van der Waals surface area contributed by atoms with E-state index in [4.69, 9.17) is 0 Å². The van der Waals surface area contributed by atoms with Crippen LogP contribution in [0.25, 0.3) is 6.08 Å². The van der Waals surface area contributed by atoms with Gasteiger partial charge in [0.1, 0.15) is 5.75 Å². The predicted molar refractivity (Wildman–Crippen MR) is 97.6 cm³/mol. The van der Waals surface area contributed by atoms with Gasteiger partial charge in [0, 0.05) is 37.4 Å². The molecule has 1 fully saturated rings. The smallest absolute Gasteiger partial charge is 0.185 e. The zero-order valence-electron chi connectivity index (χ0n) is 13.9. The summed E-state index contributed by atoms with van der Waals surface area (Å²) in [6.45, 7) is 4.17. The van der Waals surface area contributed by atoms with Gasteiger partial charge in [0.15, 0.2) is 5.78 Å². The Balaban J connectivity index is 1.64. The van der Waals surface area contributed by atoms with Gasteiger partial charge in [-0.1, -0.05) is 18.2 Å². The van der Waals surface area contributed by atoms with Crippen LogP contribution in [-0.4, -0.2) is 49.0 Å². The molecule has 4 heteroatoms. The van der Waals surface area contributed by atoms with E-state index in [1.54, 1.807) is 36.4 Å².